The molecule has 2 aromatic carbocycles. The highest BCUT2D eigenvalue weighted by Gasteiger charge is 2.60. The van der Waals surface area contributed by atoms with Crippen LogP contribution in [0, 0.1) is 32.1 Å². The number of aromatic nitrogens is 3. The predicted molar refractivity (Wildman–Crippen MR) is 216 cm³/mol. The van der Waals surface area contributed by atoms with Crippen LogP contribution in [0.2, 0.25) is 0 Å². The molecule has 0 aliphatic carbocycles. The number of ether oxygens (including phenoxy) is 2. The first kappa shape index (κ1) is 40.9. The largest absolute Gasteiger partial charge is 0.456 e. The second-order valence-electron chi connectivity index (χ2n) is 15.1. The van der Waals surface area contributed by atoms with Crippen LogP contribution in [0.15, 0.2) is 85.2 Å². The van der Waals surface area contributed by atoms with E-state index in [0.29, 0.717) is 64.7 Å². The molecule has 4 atom stereocenters. The molecule has 314 valence electrons. The van der Waals surface area contributed by atoms with Crippen LogP contribution in [-0.2, 0) is 38.8 Å². The number of piperazine rings is 1. The molecule has 61 heavy (non-hydrogen) atoms. The van der Waals surface area contributed by atoms with Crippen LogP contribution in [0.4, 0.5) is 16.2 Å². The number of pyridine rings is 1. The van der Waals surface area contributed by atoms with E-state index in [1.54, 1.807) is 39.9 Å². The van der Waals surface area contributed by atoms with Gasteiger partial charge >= 0.3 is 12.1 Å². The van der Waals surface area contributed by atoms with Gasteiger partial charge in [0, 0.05) is 92.6 Å². The number of carbonyl (C=O) groups is 4. The third kappa shape index (κ3) is 7.95. The number of thiazole rings is 1. The Morgan fingerprint density at radius 1 is 0.918 bits per heavy atom. The first-order valence-corrected chi connectivity index (χ1v) is 20.1. The number of fused-ring (bicyclic) bond motifs is 2. The summed E-state index contributed by atoms with van der Waals surface area (Å²) in [6.45, 7) is 5.60. The number of imidazole rings is 1. The molecule has 19 nitrogen and oxygen atoms in total. The number of hydrogen-bond acceptors (Lipinski definition) is 15. The first-order chi connectivity index (χ1) is 29.3. The van der Waals surface area contributed by atoms with Crippen LogP contribution in [0.1, 0.15) is 51.5 Å². The van der Waals surface area contributed by atoms with E-state index in [2.05, 4.69) is 14.9 Å². The fourth-order valence-electron chi connectivity index (χ4n) is 8.03. The first-order valence-electron chi connectivity index (χ1n) is 19.3. The van der Waals surface area contributed by atoms with Crippen molar-refractivity contribution in [2.75, 3.05) is 26.2 Å². The number of hydrogen-bond donors (Lipinski definition) is 1. The molecule has 20 heteroatoms. The van der Waals surface area contributed by atoms with Crippen molar-refractivity contribution in [2.24, 2.45) is 11.8 Å². The van der Waals surface area contributed by atoms with Gasteiger partial charge in [-0.05, 0) is 53.9 Å². The van der Waals surface area contributed by atoms with E-state index in [0.717, 1.165) is 5.56 Å². The number of nitro benzene ring substituents is 2. The van der Waals surface area contributed by atoms with Crippen LogP contribution in [-0.4, -0.2) is 106 Å². The van der Waals surface area contributed by atoms with Gasteiger partial charge in [-0.25, -0.2) is 14.6 Å². The zero-order valence-corrected chi connectivity index (χ0v) is 33.6. The fourth-order valence-corrected chi connectivity index (χ4v) is 9.24. The lowest BCUT2D eigenvalue weighted by Crippen LogP contribution is -2.63. The molecular formula is C41H38N8O11S. The van der Waals surface area contributed by atoms with Crippen molar-refractivity contribution in [1.29, 1.82) is 0 Å². The molecule has 0 saturated carbocycles. The Labute approximate surface area is 350 Å². The average Bonchev–Trinajstić information content (AvgIpc) is 3.92. The van der Waals surface area contributed by atoms with E-state index in [1.807, 2.05) is 6.92 Å². The molecule has 2 saturated heterocycles. The van der Waals surface area contributed by atoms with Gasteiger partial charge in [-0.2, -0.15) is 0 Å². The number of nitro groups is 2. The molecule has 6 heterocycles. The lowest BCUT2D eigenvalue weighted by atomic mass is 9.77. The van der Waals surface area contributed by atoms with Crippen molar-refractivity contribution in [3.8, 4) is 0 Å². The number of aliphatic hydroxyl groups is 1. The number of non-ortho nitro benzene ring substituents is 2. The summed E-state index contributed by atoms with van der Waals surface area (Å²) in [5.41, 5.74) is 2.84. The number of β-lactam (4-membered cyclic amide) rings is 1. The average molecular weight is 851 g/mol. The molecule has 1 N–H and O–H groups in total. The van der Waals surface area contributed by atoms with Crippen molar-refractivity contribution in [1.82, 2.24) is 29.1 Å². The van der Waals surface area contributed by atoms with Crippen molar-refractivity contribution in [2.45, 2.75) is 45.8 Å². The molecule has 0 unspecified atom stereocenters. The number of amides is 2. The maximum absolute atomic E-state index is 14.0. The number of carbonyl (C=O) groups excluding carboxylic acids is 4. The number of rotatable bonds is 13. The standard InChI is InChI=1S/C41H38N8O11S/c1-23-32(36(47-35(23)33(24(2)50)38(47)52)40(53)59-20-25-3-7-29(8-4-25)48(55)56)31-19-46-22-43-34(39(46)61-31)37(51)28-15-27(16-42-17-28)18-44-11-13-45(14-12-44)41(54)60-21-26-5-9-30(10-6-26)49(57)58/h3-10,15-17,19,22-24,33,35,50H,11-14,18,20-21H2,1-2H3/t23-,24+,33+,35+/m0/s1. The van der Waals surface area contributed by atoms with Gasteiger partial charge in [0.1, 0.15) is 35.8 Å². The Morgan fingerprint density at radius 2 is 1.54 bits per heavy atom. The summed E-state index contributed by atoms with van der Waals surface area (Å²) in [5, 5.41) is 32.5. The van der Waals surface area contributed by atoms with Crippen LogP contribution >= 0.6 is 11.3 Å². The number of benzene rings is 2. The Morgan fingerprint density at radius 3 is 2.15 bits per heavy atom. The summed E-state index contributed by atoms with van der Waals surface area (Å²) >= 11 is 1.23. The molecule has 0 spiro atoms. The second kappa shape index (κ2) is 16.6. The summed E-state index contributed by atoms with van der Waals surface area (Å²) in [7, 11) is 0. The van der Waals surface area contributed by atoms with Crippen LogP contribution in [0.3, 0.4) is 0 Å². The van der Waals surface area contributed by atoms with Crippen LogP contribution in [0.25, 0.3) is 10.4 Å². The maximum atomic E-state index is 14.0. The third-order valence-electron chi connectivity index (χ3n) is 11.2. The summed E-state index contributed by atoms with van der Waals surface area (Å²) in [6.07, 6.45) is 4.95. The molecule has 2 fully saturated rings. The highest BCUT2D eigenvalue weighted by molar-refractivity contribution is 7.18. The van der Waals surface area contributed by atoms with Gasteiger partial charge < -0.3 is 24.4 Å². The van der Waals surface area contributed by atoms with E-state index in [-0.39, 0.29) is 47.7 Å². The minimum Gasteiger partial charge on any atom is -0.456 e. The van der Waals surface area contributed by atoms with E-state index < -0.39 is 45.9 Å². The van der Waals surface area contributed by atoms with E-state index in [9.17, 15) is 44.5 Å². The van der Waals surface area contributed by atoms with E-state index in [4.69, 9.17) is 9.47 Å². The predicted octanol–water partition coefficient (Wildman–Crippen LogP) is 4.60. The van der Waals surface area contributed by atoms with Gasteiger partial charge in [-0.1, -0.05) is 6.92 Å². The summed E-state index contributed by atoms with van der Waals surface area (Å²) in [5.74, 6) is -2.65. The molecule has 3 aliphatic rings. The highest BCUT2D eigenvalue weighted by Crippen LogP contribution is 2.52. The monoisotopic (exact) mass is 850 g/mol. The molecule has 3 aromatic heterocycles. The smallest absolute Gasteiger partial charge is 0.410 e. The molecule has 0 bridgehead atoms. The number of nitrogens with zero attached hydrogens (tertiary/aromatic N) is 8. The van der Waals surface area contributed by atoms with Crippen molar-refractivity contribution >= 4 is 56.9 Å². The van der Waals surface area contributed by atoms with E-state index in [1.165, 1.54) is 72.1 Å². The van der Waals surface area contributed by atoms with Gasteiger partial charge in [0.25, 0.3) is 11.4 Å². The second-order valence-corrected chi connectivity index (χ2v) is 16.1. The topological polar surface area (TPSA) is 233 Å². The van der Waals surface area contributed by atoms with Gasteiger partial charge in [-0.15, -0.1) is 11.3 Å². The number of esters is 1. The Hall–Kier alpha value is -6.90. The summed E-state index contributed by atoms with van der Waals surface area (Å²) < 4.78 is 12.8. The van der Waals surface area contributed by atoms with Gasteiger partial charge in [-0.3, -0.25) is 44.1 Å². The minimum absolute atomic E-state index is 0.00966. The van der Waals surface area contributed by atoms with Gasteiger partial charge in [0.15, 0.2) is 0 Å². The highest BCUT2D eigenvalue weighted by atomic mass is 32.1. The van der Waals surface area contributed by atoms with E-state index >= 15 is 0 Å². The van der Waals surface area contributed by atoms with Crippen LogP contribution in [0.5, 0.6) is 0 Å². The summed E-state index contributed by atoms with van der Waals surface area (Å²) in [4.78, 5) is 89.8. The maximum Gasteiger partial charge on any atom is 0.410 e. The summed E-state index contributed by atoms with van der Waals surface area (Å²) in [6, 6.07) is 12.7. The lowest BCUT2D eigenvalue weighted by Gasteiger charge is -2.46. The zero-order chi connectivity index (χ0) is 43.1. The van der Waals surface area contributed by atoms with Gasteiger partial charge in [0.2, 0.25) is 11.7 Å². The Bertz CT molecular complexity index is 2600. The zero-order valence-electron chi connectivity index (χ0n) is 32.8. The fraction of sp³-hybridized carbons (Fsp3) is 0.317. The third-order valence-corrected chi connectivity index (χ3v) is 12.3. The molecule has 3 aliphatic heterocycles. The van der Waals surface area contributed by atoms with Crippen molar-refractivity contribution < 1.29 is 43.6 Å². The normalized spacial score (nSPS) is 19.4. The van der Waals surface area contributed by atoms with Gasteiger partial charge in [0.05, 0.1) is 32.8 Å². The molecule has 5 aromatic rings. The van der Waals surface area contributed by atoms with Crippen molar-refractivity contribution in [3.05, 3.63) is 138 Å². The molecule has 2 amide bonds. The molecule has 0 radical (unpaired) electrons. The number of aliphatic hydroxyl groups excluding tert-OH is 1. The van der Waals surface area contributed by atoms with Crippen LogP contribution < -0.4 is 0 Å². The lowest BCUT2D eigenvalue weighted by molar-refractivity contribution is -0.385. The van der Waals surface area contributed by atoms with Crippen molar-refractivity contribution in [3.63, 3.8) is 0 Å². The Kier molecular flexibility index (Phi) is 11.1. The minimum atomic E-state index is -0.957. The molecular weight excluding hydrogens is 813 g/mol. The number of ketones is 1. The molecule has 8 rings (SSSR count). The quantitative estimate of drug-likeness (QED) is 0.0561. The SMILES string of the molecule is C[C@@H](O)[C@H]1C(=O)N2C(C(=O)OCc3ccc([N+](=O)[O-])cc3)=C(c3cn4cnc(C(=O)c5cncc(CN6CCN(C(=O)OCc7ccc([N+](=O)[O-])cc7)CC6)c5)c4s3)[C@H](C)[C@H]12. The Balaban J connectivity index is 0.948.